The first-order valence-electron chi connectivity index (χ1n) is 8.06. The lowest BCUT2D eigenvalue weighted by Crippen LogP contribution is -2.40. The lowest BCUT2D eigenvalue weighted by molar-refractivity contribution is -0.133. The first-order valence-corrected chi connectivity index (χ1v) is 8.06. The minimum atomic E-state index is -0.0225. The maximum absolute atomic E-state index is 12.6. The van der Waals surface area contributed by atoms with Crippen LogP contribution in [0.5, 0.6) is 0 Å². The molecule has 0 spiro atoms. The molecule has 2 aliphatic rings. The second kappa shape index (κ2) is 6.56. The Bertz CT molecular complexity index is 480. The molecular weight excluding hydrogens is 268 g/mol. The number of nitrogens with zero attached hydrogens (tertiary/aromatic N) is 4. The Hall–Kier alpha value is -1.43. The summed E-state index contributed by atoms with van der Waals surface area (Å²) in [5, 5.41) is 3.85. The van der Waals surface area contributed by atoms with E-state index in [4.69, 9.17) is 4.52 Å². The zero-order valence-corrected chi connectivity index (χ0v) is 12.8. The van der Waals surface area contributed by atoms with Crippen LogP contribution in [0.1, 0.15) is 56.3 Å². The summed E-state index contributed by atoms with van der Waals surface area (Å²) < 4.78 is 5.27. The molecule has 6 heteroatoms. The third-order valence-electron chi connectivity index (χ3n) is 4.46. The molecule has 0 aromatic carbocycles. The molecule has 21 heavy (non-hydrogen) atoms. The topological polar surface area (TPSA) is 62.5 Å². The Morgan fingerprint density at radius 1 is 1.19 bits per heavy atom. The largest absolute Gasteiger partial charge is 0.337 e. The summed E-state index contributed by atoms with van der Waals surface area (Å²) in [5.74, 6) is 1.43. The summed E-state index contributed by atoms with van der Waals surface area (Å²) in [4.78, 5) is 21.1. The molecule has 0 bridgehead atoms. The second-order valence-electron chi connectivity index (χ2n) is 6.12. The highest BCUT2D eigenvalue weighted by atomic mass is 16.5. The average molecular weight is 292 g/mol. The van der Waals surface area contributed by atoms with Crippen LogP contribution in [0.25, 0.3) is 0 Å². The number of aromatic nitrogens is 2. The molecule has 2 saturated heterocycles. The van der Waals surface area contributed by atoms with Crippen LogP contribution in [0.3, 0.4) is 0 Å². The van der Waals surface area contributed by atoms with Crippen molar-refractivity contribution < 1.29 is 9.32 Å². The van der Waals surface area contributed by atoms with Crippen LogP contribution < -0.4 is 0 Å². The van der Waals surface area contributed by atoms with E-state index < -0.39 is 0 Å². The van der Waals surface area contributed by atoms with Gasteiger partial charge in [0, 0.05) is 6.54 Å². The Labute approximate surface area is 125 Å². The number of hydrogen-bond acceptors (Lipinski definition) is 5. The first kappa shape index (κ1) is 14.5. The van der Waals surface area contributed by atoms with Crippen molar-refractivity contribution in [2.45, 2.75) is 51.5 Å². The maximum atomic E-state index is 12.6. The summed E-state index contributed by atoms with van der Waals surface area (Å²) in [6.07, 6.45) is 6.93. The molecule has 1 amide bonds. The van der Waals surface area contributed by atoms with Gasteiger partial charge in [-0.1, -0.05) is 18.0 Å². The zero-order chi connectivity index (χ0) is 14.7. The van der Waals surface area contributed by atoms with Gasteiger partial charge in [0.2, 0.25) is 11.8 Å². The lowest BCUT2D eigenvalue weighted by Gasteiger charge is -2.26. The van der Waals surface area contributed by atoms with Gasteiger partial charge in [-0.05, 0) is 45.7 Å². The van der Waals surface area contributed by atoms with Crippen LogP contribution in [0.15, 0.2) is 4.52 Å². The van der Waals surface area contributed by atoms with Crippen molar-refractivity contribution >= 4 is 5.91 Å². The monoisotopic (exact) mass is 292 g/mol. The Balaban J connectivity index is 1.62. The van der Waals surface area contributed by atoms with Gasteiger partial charge in [-0.2, -0.15) is 4.98 Å². The van der Waals surface area contributed by atoms with Crippen LogP contribution in [0, 0.1) is 6.92 Å². The molecule has 2 aliphatic heterocycles. The minimum Gasteiger partial charge on any atom is -0.337 e. The van der Waals surface area contributed by atoms with Crippen LogP contribution >= 0.6 is 0 Å². The van der Waals surface area contributed by atoms with Gasteiger partial charge in [-0.15, -0.1) is 0 Å². The first-order chi connectivity index (χ1) is 10.2. The molecule has 0 aliphatic carbocycles. The van der Waals surface area contributed by atoms with E-state index in [-0.39, 0.29) is 11.9 Å². The van der Waals surface area contributed by atoms with Gasteiger partial charge in [-0.25, -0.2) is 0 Å². The fourth-order valence-corrected chi connectivity index (χ4v) is 3.35. The highest BCUT2D eigenvalue weighted by Gasteiger charge is 2.34. The molecule has 0 N–H and O–H groups in total. The minimum absolute atomic E-state index is 0.0225. The predicted octanol–water partition coefficient (Wildman–Crippen LogP) is 1.92. The summed E-state index contributed by atoms with van der Waals surface area (Å²) >= 11 is 0. The highest BCUT2D eigenvalue weighted by Crippen LogP contribution is 2.31. The van der Waals surface area contributed by atoms with E-state index in [1.54, 1.807) is 0 Å². The third kappa shape index (κ3) is 3.43. The summed E-state index contributed by atoms with van der Waals surface area (Å²) in [5.41, 5.74) is 0. The fourth-order valence-electron chi connectivity index (χ4n) is 3.35. The number of aryl methyl sites for hydroxylation is 1. The normalized spacial score (nSPS) is 24.2. The third-order valence-corrected chi connectivity index (χ3v) is 4.46. The number of hydrogen-bond donors (Lipinski definition) is 0. The van der Waals surface area contributed by atoms with E-state index in [9.17, 15) is 4.79 Å². The van der Waals surface area contributed by atoms with Gasteiger partial charge in [0.05, 0.1) is 6.54 Å². The summed E-state index contributed by atoms with van der Waals surface area (Å²) in [6.45, 7) is 5.24. The molecule has 3 heterocycles. The van der Waals surface area contributed by atoms with Crippen LogP contribution in [-0.2, 0) is 4.79 Å². The van der Waals surface area contributed by atoms with E-state index in [1.165, 1.54) is 25.7 Å². The molecule has 1 atom stereocenters. The fraction of sp³-hybridized carbons (Fsp3) is 0.800. The van der Waals surface area contributed by atoms with Crippen molar-refractivity contribution in [3.8, 4) is 0 Å². The van der Waals surface area contributed by atoms with Crippen molar-refractivity contribution in [2.75, 3.05) is 26.2 Å². The van der Waals surface area contributed by atoms with Gasteiger partial charge in [0.1, 0.15) is 6.04 Å². The van der Waals surface area contributed by atoms with E-state index in [2.05, 4.69) is 15.0 Å². The second-order valence-corrected chi connectivity index (χ2v) is 6.12. The van der Waals surface area contributed by atoms with Crippen molar-refractivity contribution in [1.29, 1.82) is 0 Å². The number of carbonyl (C=O) groups is 1. The number of rotatable bonds is 3. The van der Waals surface area contributed by atoms with Crippen molar-refractivity contribution in [3.63, 3.8) is 0 Å². The molecule has 3 rings (SSSR count). The smallest absolute Gasteiger partial charge is 0.249 e. The quantitative estimate of drug-likeness (QED) is 0.851. The van der Waals surface area contributed by atoms with Crippen molar-refractivity contribution in [1.82, 2.24) is 19.9 Å². The zero-order valence-electron chi connectivity index (χ0n) is 12.8. The van der Waals surface area contributed by atoms with E-state index >= 15 is 0 Å². The Morgan fingerprint density at radius 3 is 2.62 bits per heavy atom. The molecule has 6 nitrogen and oxygen atoms in total. The predicted molar refractivity (Wildman–Crippen MR) is 77.6 cm³/mol. The van der Waals surface area contributed by atoms with E-state index in [0.29, 0.717) is 18.3 Å². The number of likely N-dealkylation sites (tertiary alicyclic amines) is 2. The molecule has 0 saturated carbocycles. The maximum Gasteiger partial charge on any atom is 0.249 e. The van der Waals surface area contributed by atoms with E-state index in [1.807, 2.05) is 11.8 Å². The van der Waals surface area contributed by atoms with Gasteiger partial charge in [-0.3, -0.25) is 9.69 Å². The van der Waals surface area contributed by atoms with Gasteiger partial charge < -0.3 is 9.42 Å². The SMILES string of the molecule is Cc1noc(C2CCCN2C(=O)CN2CCCCCC2)n1. The molecule has 1 aromatic heterocycles. The molecule has 116 valence electrons. The Kier molecular flexibility index (Phi) is 4.53. The van der Waals surface area contributed by atoms with Crippen LogP contribution in [-0.4, -0.2) is 52.0 Å². The summed E-state index contributed by atoms with van der Waals surface area (Å²) in [7, 11) is 0. The summed E-state index contributed by atoms with van der Waals surface area (Å²) in [6, 6.07) is -0.0225. The van der Waals surface area contributed by atoms with Gasteiger partial charge in [0.25, 0.3) is 0 Å². The lowest BCUT2D eigenvalue weighted by atomic mass is 10.2. The van der Waals surface area contributed by atoms with Crippen LogP contribution in [0.2, 0.25) is 0 Å². The molecule has 1 unspecified atom stereocenters. The molecular formula is C15H24N4O2. The van der Waals surface area contributed by atoms with Crippen molar-refractivity contribution in [2.24, 2.45) is 0 Å². The molecule has 1 aromatic rings. The van der Waals surface area contributed by atoms with Gasteiger partial charge >= 0.3 is 0 Å². The van der Waals surface area contributed by atoms with Crippen LogP contribution in [0.4, 0.5) is 0 Å². The highest BCUT2D eigenvalue weighted by molar-refractivity contribution is 5.79. The molecule has 0 radical (unpaired) electrons. The number of amides is 1. The molecule has 2 fully saturated rings. The number of carbonyl (C=O) groups excluding carboxylic acids is 1. The Morgan fingerprint density at radius 2 is 1.95 bits per heavy atom. The van der Waals surface area contributed by atoms with Crippen molar-refractivity contribution in [3.05, 3.63) is 11.7 Å². The standard InChI is InChI=1S/C15H24N4O2/c1-12-16-15(21-17-12)13-7-6-10-19(13)14(20)11-18-8-4-2-3-5-9-18/h13H,2-11H2,1H3. The van der Waals surface area contributed by atoms with E-state index in [0.717, 1.165) is 32.5 Å². The average Bonchev–Trinajstić information content (AvgIpc) is 3.03. The van der Waals surface area contributed by atoms with Gasteiger partial charge in [0.15, 0.2) is 5.82 Å².